The van der Waals surface area contributed by atoms with Gasteiger partial charge < -0.3 is 4.74 Å². The molecule has 2 aromatic rings. The summed E-state index contributed by atoms with van der Waals surface area (Å²) in [6, 6.07) is 5.51. The number of ether oxygens (including phenoxy) is 1. The van der Waals surface area contributed by atoms with Gasteiger partial charge in [0.15, 0.2) is 5.78 Å². The van der Waals surface area contributed by atoms with Crippen molar-refractivity contribution in [2.24, 2.45) is 0 Å². The van der Waals surface area contributed by atoms with Crippen LogP contribution >= 0.6 is 15.9 Å². The molecule has 0 aliphatic heterocycles. The van der Waals surface area contributed by atoms with E-state index < -0.39 is 5.82 Å². The molecule has 2 rings (SSSR count). The van der Waals surface area contributed by atoms with Crippen LogP contribution in [0.1, 0.15) is 15.9 Å². The SMILES string of the molecule is COc1cncc(C(=O)c2ccc(F)cc2Br)c1. The maximum Gasteiger partial charge on any atom is 0.195 e. The molecule has 1 heterocycles. The number of hydrogen-bond donors (Lipinski definition) is 0. The molecular formula is C13H9BrFNO2. The van der Waals surface area contributed by atoms with E-state index in [-0.39, 0.29) is 5.78 Å². The molecule has 0 N–H and O–H groups in total. The minimum Gasteiger partial charge on any atom is -0.495 e. The van der Waals surface area contributed by atoms with Crippen LogP contribution in [0.2, 0.25) is 0 Å². The molecule has 0 unspecified atom stereocenters. The molecule has 18 heavy (non-hydrogen) atoms. The number of benzene rings is 1. The van der Waals surface area contributed by atoms with E-state index in [1.54, 1.807) is 6.07 Å². The maximum absolute atomic E-state index is 13.0. The Morgan fingerprint density at radius 3 is 2.78 bits per heavy atom. The van der Waals surface area contributed by atoms with Gasteiger partial charge in [0.05, 0.1) is 13.3 Å². The quantitative estimate of drug-likeness (QED) is 0.817. The second kappa shape index (κ2) is 5.27. The summed E-state index contributed by atoms with van der Waals surface area (Å²) in [5.41, 5.74) is 0.771. The van der Waals surface area contributed by atoms with Crippen molar-refractivity contribution < 1.29 is 13.9 Å². The van der Waals surface area contributed by atoms with Gasteiger partial charge in [-0.3, -0.25) is 9.78 Å². The Labute approximate surface area is 112 Å². The topological polar surface area (TPSA) is 39.2 Å². The molecule has 0 aliphatic rings. The highest BCUT2D eigenvalue weighted by atomic mass is 79.9. The Hall–Kier alpha value is -1.75. The fourth-order valence-electron chi connectivity index (χ4n) is 1.48. The maximum atomic E-state index is 13.0. The van der Waals surface area contributed by atoms with Gasteiger partial charge >= 0.3 is 0 Å². The Kier molecular flexibility index (Phi) is 3.72. The summed E-state index contributed by atoms with van der Waals surface area (Å²) in [7, 11) is 1.50. The van der Waals surface area contributed by atoms with E-state index in [0.717, 1.165) is 0 Å². The van der Waals surface area contributed by atoms with E-state index in [9.17, 15) is 9.18 Å². The second-order valence-electron chi connectivity index (χ2n) is 3.57. The van der Waals surface area contributed by atoms with E-state index >= 15 is 0 Å². The number of rotatable bonds is 3. The number of carbonyl (C=O) groups excluding carboxylic acids is 1. The molecule has 0 radical (unpaired) electrons. The predicted octanol–water partition coefficient (Wildman–Crippen LogP) is 3.22. The summed E-state index contributed by atoms with van der Waals surface area (Å²) in [4.78, 5) is 16.1. The number of hydrogen-bond acceptors (Lipinski definition) is 3. The average molecular weight is 310 g/mol. The third-order valence-electron chi connectivity index (χ3n) is 2.39. The van der Waals surface area contributed by atoms with E-state index in [0.29, 0.717) is 21.3 Å². The molecule has 0 amide bonds. The normalized spacial score (nSPS) is 10.2. The second-order valence-corrected chi connectivity index (χ2v) is 4.42. The third kappa shape index (κ3) is 2.56. The highest BCUT2D eigenvalue weighted by Gasteiger charge is 2.14. The van der Waals surface area contributed by atoms with Crippen molar-refractivity contribution in [3.05, 3.63) is 58.1 Å². The summed E-state index contributed by atoms with van der Waals surface area (Å²) in [5.74, 6) is -0.144. The molecular weight excluding hydrogens is 301 g/mol. The van der Waals surface area contributed by atoms with Crippen LogP contribution in [-0.2, 0) is 0 Å². The largest absolute Gasteiger partial charge is 0.495 e. The molecule has 1 aromatic carbocycles. The first kappa shape index (κ1) is 12.7. The van der Waals surface area contributed by atoms with E-state index in [2.05, 4.69) is 20.9 Å². The summed E-state index contributed by atoms with van der Waals surface area (Å²) in [5, 5.41) is 0. The Morgan fingerprint density at radius 2 is 2.11 bits per heavy atom. The van der Waals surface area contributed by atoms with Crippen LogP contribution in [0.4, 0.5) is 4.39 Å². The minimum absolute atomic E-state index is 0.242. The van der Waals surface area contributed by atoms with Crippen LogP contribution in [0.3, 0.4) is 0 Å². The van der Waals surface area contributed by atoms with E-state index in [4.69, 9.17) is 4.74 Å². The van der Waals surface area contributed by atoms with Gasteiger partial charge in [-0.15, -0.1) is 0 Å². The summed E-state index contributed by atoms with van der Waals surface area (Å²) >= 11 is 3.17. The van der Waals surface area contributed by atoms with Gasteiger partial charge in [-0.2, -0.15) is 0 Å². The molecule has 5 heteroatoms. The zero-order valence-corrected chi connectivity index (χ0v) is 11.1. The molecule has 0 aliphatic carbocycles. The number of methoxy groups -OCH3 is 1. The van der Waals surface area contributed by atoms with Crippen LogP contribution in [-0.4, -0.2) is 17.9 Å². The lowest BCUT2D eigenvalue weighted by Crippen LogP contribution is -2.03. The fraction of sp³-hybridized carbons (Fsp3) is 0.0769. The molecule has 0 atom stereocenters. The molecule has 1 aromatic heterocycles. The van der Waals surface area contributed by atoms with Crippen molar-refractivity contribution in [2.75, 3.05) is 7.11 Å². The molecule has 0 spiro atoms. The van der Waals surface area contributed by atoms with Crippen molar-refractivity contribution in [3.63, 3.8) is 0 Å². The average Bonchev–Trinajstić information content (AvgIpc) is 2.38. The number of nitrogens with zero attached hydrogens (tertiary/aromatic N) is 1. The van der Waals surface area contributed by atoms with Crippen LogP contribution < -0.4 is 4.74 Å². The lowest BCUT2D eigenvalue weighted by atomic mass is 10.1. The van der Waals surface area contributed by atoms with Gasteiger partial charge in [-0.1, -0.05) is 0 Å². The first-order valence-electron chi connectivity index (χ1n) is 5.10. The molecule has 0 fully saturated rings. The summed E-state index contributed by atoms with van der Waals surface area (Å²) in [6.07, 6.45) is 2.96. The first-order valence-corrected chi connectivity index (χ1v) is 5.90. The van der Waals surface area contributed by atoms with E-state index in [1.807, 2.05) is 0 Å². The van der Waals surface area contributed by atoms with Gasteiger partial charge in [-0.05, 0) is 40.2 Å². The third-order valence-corrected chi connectivity index (χ3v) is 3.04. The Balaban J connectivity index is 2.41. The van der Waals surface area contributed by atoms with E-state index in [1.165, 1.54) is 37.7 Å². The zero-order valence-electron chi connectivity index (χ0n) is 9.48. The number of halogens is 2. The molecule has 0 saturated heterocycles. The molecule has 0 bridgehead atoms. The first-order chi connectivity index (χ1) is 8.61. The predicted molar refractivity (Wildman–Crippen MR) is 68.3 cm³/mol. The van der Waals surface area contributed by atoms with Crippen LogP contribution in [0, 0.1) is 5.82 Å². The Morgan fingerprint density at radius 1 is 1.33 bits per heavy atom. The van der Waals surface area contributed by atoms with Gasteiger partial charge in [0.1, 0.15) is 11.6 Å². The van der Waals surface area contributed by atoms with Crippen LogP contribution in [0.25, 0.3) is 0 Å². The highest BCUT2D eigenvalue weighted by Crippen LogP contribution is 2.22. The lowest BCUT2D eigenvalue weighted by Gasteiger charge is -2.05. The monoisotopic (exact) mass is 309 g/mol. The van der Waals surface area contributed by atoms with Crippen molar-refractivity contribution in [1.82, 2.24) is 4.98 Å². The van der Waals surface area contributed by atoms with Gasteiger partial charge in [0.2, 0.25) is 0 Å². The van der Waals surface area contributed by atoms with Crippen LogP contribution in [0.5, 0.6) is 5.75 Å². The fourth-order valence-corrected chi connectivity index (χ4v) is 2.01. The molecule has 3 nitrogen and oxygen atoms in total. The number of ketones is 1. The van der Waals surface area contributed by atoms with Crippen LogP contribution in [0.15, 0.2) is 41.1 Å². The zero-order chi connectivity index (χ0) is 13.1. The summed E-state index contributed by atoms with van der Waals surface area (Å²) < 4.78 is 18.4. The molecule has 0 saturated carbocycles. The molecule has 92 valence electrons. The van der Waals surface area contributed by atoms with Crippen molar-refractivity contribution >= 4 is 21.7 Å². The van der Waals surface area contributed by atoms with Crippen molar-refractivity contribution in [1.29, 1.82) is 0 Å². The van der Waals surface area contributed by atoms with Gasteiger partial charge in [0.25, 0.3) is 0 Å². The number of aromatic nitrogens is 1. The number of pyridine rings is 1. The highest BCUT2D eigenvalue weighted by molar-refractivity contribution is 9.10. The van der Waals surface area contributed by atoms with Crippen molar-refractivity contribution in [3.8, 4) is 5.75 Å². The summed E-state index contributed by atoms with van der Waals surface area (Å²) in [6.45, 7) is 0. The number of carbonyl (C=O) groups is 1. The lowest BCUT2D eigenvalue weighted by molar-refractivity contribution is 0.103. The Bertz CT molecular complexity index is 601. The smallest absolute Gasteiger partial charge is 0.195 e. The van der Waals surface area contributed by atoms with Gasteiger partial charge in [0, 0.05) is 21.8 Å². The standard InChI is InChI=1S/C13H9BrFNO2/c1-18-10-4-8(6-16-7-10)13(17)11-3-2-9(15)5-12(11)14/h2-7H,1H3. The minimum atomic E-state index is -0.401. The van der Waals surface area contributed by atoms with Crippen molar-refractivity contribution in [2.45, 2.75) is 0 Å². The van der Waals surface area contributed by atoms with Gasteiger partial charge in [-0.25, -0.2) is 4.39 Å².